The van der Waals surface area contributed by atoms with Gasteiger partial charge in [0.25, 0.3) is 5.91 Å². The van der Waals surface area contributed by atoms with E-state index in [0.29, 0.717) is 5.76 Å². The van der Waals surface area contributed by atoms with Crippen LogP contribution in [-0.2, 0) is 23.8 Å². The first kappa shape index (κ1) is 28.9. The zero-order valence-corrected chi connectivity index (χ0v) is 24.2. The van der Waals surface area contributed by atoms with Gasteiger partial charge in [-0.2, -0.15) is 0 Å². The summed E-state index contributed by atoms with van der Waals surface area (Å²) < 4.78 is 22.9. The maximum absolute atomic E-state index is 13.7. The minimum atomic E-state index is -1.08. The first-order valence-corrected chi connectivity index (χ1v) is 13.9. The highest BCUT2D eigenvalue weighted by atomic mass is 16.6. The Morgan fingerprint density at radius 1 is 0.952 bits per heavy atom. The average Bonchev–Trinajstić information content (AvgIpc) is 3.58. The second-order valence-corrected chi connectivity index (χ2v) is 10.9. The number of rotatable bonds is 7. The Morgan fingerprint density at radius 2 is 1.55 bits per heavy atom. The zero-order chi connectivity index (χ0) is 30.1. The molecular weight excluding hydrogens is 540 g/mol. The molecule has 1 N–H and O–H groups in total. The fraction of sp³-hybridized carbons (Fsp3) is 0.375. The van der Waals surface area contributed by atoms with Crippen molar-refractivity contribution in [1.29, 1.82) is 0 Å². The van der Waals surface area contributed by atoms with Crippen LogP contribution in [0.1, 0.15) is 72.7 Å². The molecule has 3 atom stereocenters. The Labute approximate surface area is 243 Å². The van der Waals surface area contributed by atoms with Crippen molar-refractivity contribution in [2.24, 2.45) is 0 Å². The number of benzene rings is 2. The number of ether oxygens (including phenoxy) is 3. The Morgan fingerprint density at radius 3 is 2.12 bits per heavy atom. The highest BCUT2D eigenvalue weighted by molar-refractivity contribution is 5.95. The lowest BCUT2D eigenvalue weighted by atomic mass is 9.98. The molecule has 0 bridgehead atoms. The number of likely N-dealkylation sites (tertiary alicyclic amines) is 1. The number of nitrogens with zero attached hydrogens (tertiary/aromatic N) is 1. The van der Waals surface area contributed by atoms with Crippen LogP contribution in [0.15, 0.2) is 59.0 Å². The van der Waals surface area contributed by atoms with Gasteiger partial charge in [0.1, 0.15) is 24.2 Å². The number of carbonyl (C=O) groups excluding carboxylic acids is 4. The van der Waals surface area contributed by atoms with Gasteiger partial charge in [-0.15, -0.1) is 0 Å². The van der Waals surface area contributed by atoms with Crippen molar-refractivity contribution in [2.75, 3.05) is 13.2 Å². The lowest BCUT2D eigenvalue weighted by Gasteiger charge is -2.26. The number of esters is 2. The molecule has 42 heavy (non-hydrogen) atoms. The summed E-state index contributed by atoms with van der Waals surface area (Å²) >= 11 is 0. The minimum Gasteiger partial charge on any atom is -0.463 e. The number of fused-ring (bicyclic) bond motifs is 3. The molecule has 0 spiro atoms. The second-order valence-electron chi connectivity index (χ2n) is 10.9. The van der Waals surface area contributed by atoms with E-state index in [1.165, 1.54) is 24.8 Å². The van der Waals surface area contributed by atoms with Crippen molar-refractivity contribution in [3.8, 4) is 11.1 Å². The van der Waals surface area contributed by atoms with Crippen LogP contribution in [0.4, 0.5) is 4.79 Å². The van der Waals surface area contributed by atoms with Gasteiger partial charge in [0.05, 0.1) is 12.1 Å². The third-order valence-corrected chi connectivity index (χ3v) is 7.47. The summed E-state index contributed by atoms with van der Waals surface area (Å²) in [6.45, 7) is 7.73. The SMILES string of the molecule is CC(=O)O[C@@H]1[C@H](OC(C)=O)CN(C(=O)OCC2c3ccccc3-c3ccccc32)[C@H]1c1cc(C(=O)NC(C)C)c(C)o1. The number of hydrogen-bond acceptors (Lipinski definition) is 8. The quantitative estimate of drug-likeness (QED) is 0.312. The number of carbonyl (C=O) groups is 4. The molecule has 2 aliphatic rings. The Hall–Kier alpha value is -4.60. The molecule has 0 radical (unpaired) electrons. The number of nitrogens with one attached hydrogen (secondary N) is 1. The standard InChI is InChI=1S/C32H34N2O8/c1-17(2)33-31(37)25-14-27(40-18(25)3)29-30(42-20(5)36)28(41-19(4)35)15-34(29)32(38)39-16-26-23-12-8-6-10-21(23)22-11-7-9-13-24(22)26/h6-14,17,26,28-30H,15-16H2,1-5H3,(H,33,37)/t28-,29+,30-/m1/s1. The van der Waals surface area contributed by atoms with Crippen LogP contribution in [0.5, 0.6) is 0 Å². The molecule has 0 saturated carbocycles. The largest absolute Gasteiger partial charge is 0.463 e. The summed E-state index contributed by atoms with van der Waals surface area (Å²) in [4.78, 5) is 52.0. The molecule has 1 aromatic heterocycles. The van der Waals surface area contributed by atoms with Crippen LogP contribution < -0.4 is 5.32 Å². The van der Waals surface area contributed by atoms with Gasteiger partial charge in [-0.3, -0.25) is 19.3 Å². The minimum absolute atomic E-state index is 0.0613. The molecule has 1 aliphatic heterocycles. The van der Waals surface area contributed by atoms with Crippen molar-refractivity contribution >= 4 is 23.9 Å². The van der Waals surface area contributed by atoms with Gasteiger partial charge in [-0.05, 0) is 49.1 Å². The zero-order valence-electron chi connectivity index (χ0n) is 24.2. The molecule has 2 aromatic carbocycles. The van der Waals surface area contributed by atoms with E-state index >= 15 is 0 Å². The van der Waals surface area contributed by atoms with Crippen molar-refractivity contribution < 1.29 is 37.8 Å². The van der Waals surface area contributed by atoms with Crippen LogP contribution >= 0.6 is 0 Å². The van der Waals surface area contributed by atoms with Crippen LogP contribution in [0.25, 0.3) is 11.1 Å². The second kappa shape index (κ2) is 11.7. The topological polar surface area (TPSA) is 124 Å². The molecule has 3 aromatic rings. The van der Waals surface area contributed by atoms with Crippen LogP contribution in [-0.4, -0.2) is 60.2 Å². The molecule has 2 heterocycles. The Bertz CT molecular complexity index is 1480. The number of aryl methyl sites for hydroxylation is 1. The summed E-state index contributed by atoms with van der Waals surface area (Å²) in [5.74, 6) is -1.21. The highest BCUT2D eigenvalue weighted by Crippen LogP contribution is 2.45. The van der Waals surface area contributed by atoms with Crippen molar-refractivity contribution in [3.63, 3.8) is 0 Å². The average molecular weight is 575 g/mol. The van der Waals surface area contributed by atoms with E-state index in [1.54, 1.807) is 6.92 Å². The van der Waals surface area contributed by atoms with Gasteiger partial charge in [0.2, 0.25) is 0 Å². The normalized spacial score (nSPS) is 19.3. The maximum atomic E-state index is 13.7. The van der Waals surface area contributed by atoms with Gasteiger partial charge in [-0.25, -0.2) is 4.79 Å². The van der Waals surface area contributed by atoms with E-state index in [4.69, 9.17) is 18.6 Å². The van der Waals surface area contributed by atoms with E-state index in [-0.39, 0.29) is 42.3 Å². The molecule has 0 unspecified atom stereocenters. The van der Waals surface area contributed by atoms with Crippen molar-refractivity contribution in [1.82, 2.24) is 10.2 Å². The predicted molar refractivity (Wildman–Crippen MR) is 152 cm³/mol. The monoisotopic (exact) mass is 574 g/mol. The fourth-order valence-electron chi connectivity index (χ4n) is 5.84. The van der Waals surface area contributed by atoms with Crippen LogP contribution in [0.3, 0.4) is 0 Å². The fourth-order valence-corrected chi connectivity index (χ4v) is 5.84. The van der Waals surface area contributed by atoms with Crippen LogP contribution in [0.2, 0.25) is 0 Å². The number of amides is 2. The van der Waals surface area contributed by atoms with E-state index in [9.17, 15) is 19.2 Å². The number of furan rings is 1. The molecule has 10 heteroatoms. The molecule has 5 rings (SSSR count). The summed E-state index contributed by atoms with van der Waals surface area (Å²) in [6.07, 6.45) is -2.76. The van der Waals surface area contributed by atoms with E-state index < -0.39 is 36.3 Å². The number of hydrogen-bond donors (Lipinski definition) is 1. The highest BCUT2D eigenvalue weighted by Gasteiger charge is 2.51. The predicted octanol–water partition coefficient (Wildman–Crippen LogP) is 4.90. The molecule has 220 valence electrons. The van der Waals surface area contributed by atoms with E-state index in [2.05, 4.69) is 5.32 Å². The van der Waals surface area contributed by atoms with E-state index in [1.807, 2.05) is 62.4 Å². The molecule has 10 nitrogen and oxygen atoms in total. The molecule has 1 aliphatic carbocycles. The van der Waals surface area contributed by atoms with Gasteiger partial charge in [0, 0.05) is 25.8 Å². The van der Waals surface area contributed by atoms with Crippen molar-refractivity contribution in [3.05, 3.63) is 82.8 Å². The van der Waals surface area contributed by atoms with Gasteiger partial charge < -0.3 is 23.9 Å². The summed E-state index contributed by atoms with van der Waals surface area (Å²) in [5, 5.41) is 2.83. The van der Waals surface area contributed by atoms with E-state index in [0.717, 1.165) is 22.3 Å². The third kappa shape index (κ3) is 5.61. The lowest BCUT2D eigenvalue weighted by Crippen LogP contribution is -2.36. The first-order valence-electron chi connectivity index (χ1n) is 13.9. The molecule has 2 amide bonds. The molecular formula is C32H34N2O8. The smallest absolute Gasteiger partial charge is 0.410 e. The van der Waals surface area contributed by atoms with Crippen molar-refractivity contribution in [2.45, 2.75) is 64.8 Å². The molecule has 1 saturated heterocycles. The summed E-state index contributed by atoms with van der Waals surface area (Å²) in [7, 11) is 0. The Balaban J connectivity index is 1.45. The van der Waals surface area contributed by atoms with Gasteiger partial charge in [-0.1, -0.05) is 48.5 Å². The van der Waals surface area contributed by atoms with Crippen LogP contribution in [0, 0.1) is 6.92 Å². The third-order valence-electron chi connectivity index (χ3n) is 7.47. The van der Waals surface area contributed by atoms with Gasteiger partial charge >= 0.3 is 18.0 Å². The summed E-state index contributed by atoms with van der Waals surface area (Å²) in [5.41, 5.74) is 4.58. The van der Waals surface area contributed by atoms with Gasteiger partial charge in [0.15, 0.2) is 12.2 Å². The maximum Gasteiger partial charge on any atom is 0.410 e. The molecule has 1 fully saturated rings. The summed E-state index contributed by atoms with van der Waals surface area (Å²) in [6, 6.07) is 16.4. The first-order chi connectivity index (χ1) is 20.0. The lowest BCUT2D eigenvalue weighted by molar-refractivity contribution is -0.163. The Kier molecular flexibility index (Phi) is 8.06.